The van der Waals surface area contributed by atoms with Gasteiger partial charge in [-0.1, -0.05) is 142 Å². The topological polar surface area (TPSA) is 29.3 Å². The van der Waals surface area contributed by atoms with Gasteiger partial charge in [0.25, 0.3) is 0 Å². The lowest BCUT2D eigenvalue weighted by atomic mass is 10.1. The molecule has 0 aromatic heterocycles. The fourth-order valence-corrected chi connectivity index (χ4v) is 4.65. The largest absolute Gasteiger partial charge is 0.330 e. The number of hydrogen-bond acceptors (Lipinski definition) is 2. The third-order valence-corrected chi connectivity index (χ3v) is 6.83. The maximum atomic E-state index is 5.77. The molecule has 0 bridgehead atoms. The molecule has 0 amide bonds. The Kier molecular flexibility index (Phi) is 27.9. The second-order valence-electron chi connectivity index (χ2n) is 10.1. The molecule has 188 valence electrons. The molecule has 0 atom stereocenters. The standard InChI is InChI=1S/C29H62N2/c1-3-5-7-9-11-13-15-16-18-20-22-24-28-31(29-25-26-30)27-23-21-19-17-14-12-10-8-6-4-2/h3-30H2,1-2H3. The van der Waals surface area contributed by atoms with Crippen LogP contribution in [0.25, 0.3) is 0 Å². The molecule has 0 aromatic carbocycles. The van der Waals surface area contributed by atoms with Crippen molar-refractivity contribution in [1.29, 1.82) is 0 Å². The van der Waals surface area contributed by atoms with Crippen molar-refractivity contribution in [3.8, 4) is 0 Å². The van der Waals surface area contributed by atoms with E-state index in [0.717, 1.165) is 13.0 Å². The van der Waals surface area contributed by atoms with E-state index in [-0.39, 0.29) is 0 Å². The Morgan fingerprint density at radius 3 is 0.903 bits per heavy atom. The molecule has 0 aliphatic rings. The summed E-state index contributed by atoms with van der Waals surface area (Å²) >= 11 is 0. The lowest BCUT2D eigenvalue weighted by Crippen LogP contribution is -2.28. The van der Waals surface area contributed by atoms with Crippen LogP contribution < -0.4 is 5.73 Å². The van der Waals surface area contributed by atoms with E-state index in [2.05, 4.69) is 18.7 Å². The SMILES string of the molecule is CCCCCCCCCCCCCCN(CCCN)CCCCCCCCCCCC. The fourth-order valence-electron chi connectivity index (χ4n) is 4.65. The van der Waals surface area contributed by atoms with E-state index in [1.165, 1.54) is 161 Å². The zero-order chi connectivity index (χ0) is 22.7. The van der Waals surface area contributed by atoms with Crippen molar-refractivity contribution < 1.29 is 0 Å². The molecule has 0 saturated carbocycles. The minimum atomic E-state index is 0.840. The normalized spacial score (nSPS) is 11.6. The molecule has 0 spiro atoms. The van der Waals surface area contributed by atoms with E-state index in [1.807, 2.05) is 0 Å². The molecule has 0 radical (unpaired) electrons. The Hall–Kier alpha value is -0.0800. The van der Waals surface area contributed by atoms with Gasteiger partial charge in [-0.05, 0) is 45.4 Å². The molecule has 0 saturated heterocycles. The van der Waals surface area contributed by atoms with Crippen LogP contribution in [0.15, 0.2) is 0 Å². The van der Waals surface area contributed by atoms with E-state index in [9.17, 15) is 0 Å². The summed E-state index contributed by atoms with van der Waals surface area (Å²) in [5, 5.41) is 0. The summed E-state index contributed by atoms with van der Waals surface area (Å²) in [5.41, 5.74) is 5.77. The molecular weight excluding hydrogens is 376 g/mol. The third-order valence-electron chi connectivity index (χ3n) is 6.83. The maximum absolute atomic E-state index is 5.77. The molecular formula is C29H62N2. The highest BCUT2D eigenvalue weighted by atomic mass is 15.1. The molecule has 0 unspecified atom stereocenters. The monoisotopic (exact) mass is 438 g/mol. The fraction of sp³-hybridized carbons (Fsp3) is 1.00. The summed E-state index contributed by atoms with van der Waals surface area (Å²) in [6.45, 7) is 9.26. The quantitative estimate of drug-likeness (QED) is 0.129. The minimum Gasteiger partial charge on any atom is -0.330 e. The van der Waals surface area contributed by atoms with Gasteiger partial charge in [0.2, 0.25) is 0 Å². The van der Waals surface area contributed by atoms with Gasteiger partial charge in [0.05, 0.1) is 0 Å². The first-order valence-electron chi connectivity index (χ1n) is 14.8. The summed E-state index contributed by atoms with van der Waals surface area (Å²) in [6, 6.07) is 0. The van der Waals surface area contributed by atoms with Gasteiger partial charge in [-0.15, -0.1) is 0 Å². The summed E-state index contributed by atoms with van der Waals surface area (Å²) in [5.74, 6) is 0. The van der Waals surface area contributed by atoms with Gasteiger partial charge in [-0.3, -0.25) is 0 Å². The van der Waals surface area contributed by atoms with Crippen LogP contribution >= 0.6 is 0 Å². The second kappa shape index (κ2) is 28.0. The van der Waals surface area contributed by atoms with Crippen molar-refractivity contribution in [2.24, 2.45) is 5.73 Å². The van der Waals surface area contributed by atoms with Crippen LogP contribution in [0.5, 0.6) is 0 Å². The summed E-state index contributed by atoms with van der Waals surface area (Å²) < 4.78 is 0. The Labute approximate surface area is 198 Å². The first-order valence-corrected chi connectivity index (χ1v) is 14.8. The molecule has 0 aliphatic heterocycles. The average Bonchev–Trinajstić information content (AvgIpc) is 2.78. The van der Waals surface area contributed by atoms with Gasteiger partial charge >= 0.3 is 0 Å². The van der Waals surface area contributed by atoms with Crippen LogP contribution in [0.2, 0.25) is 0 Å². The van der Waals surface area contributed by atoms with Crippen molar-refractivity contribution in [3.05, 3.63) is 0 Å². The summed E-state index contributed by atoms with van der Waals surface area (Å²) in [4.78, 5) is 2.70. The molecule has 31 heavy (non-hydrogen) atoms. The summed E-state index contributed by atoms with van der Waals surface area (Å²) in [6.07, 6.45) is 32.8. The second-order valence-corrected chi connectivity index (χ2v) is 10.1. The molecule has 0 aliphatic carbocycles. The molecule has 0 heterocycles. The lowest BCUT2D eigenvalue weighted by Gasteiger charge is -2.22. The molecule has 2 N–H and O–H groups in total. The summed E-state index contributed by atoms with van der Waals surface area (Å²) in [7, 11) is 0. The minimum absolute atomic E-state index is 0.840. The molecule has 0 fully saturated rings. The van der Waals surface area contributed by atoms with E-state index < -0.39 is 0 Å². The van der Waals surface area contributed by atoms with Crippen LogP contribution in [0.1, 0.15) is 162 Å². The molecule has 2 heteroatoms. The van der Waals surface area contributed by atoms with Crippen LogP contribution in [0.3, 0.4) is 0 Å². The van der Waals surface area contributed by atoms with Crippen molar-refractivity contribution >= 4 is 0 Å². The van der Waals surface area contributed by atoms with Crippen LogP contribution in [-0.2, 0) is 0 Å². The number of hydrogen-bond donors (Lipinski definition) is 1. The van der Waals surface area contributed by atoms with Crippen molar-refractivity contribution in [1.82, 2.24) is 4.90 Å². The first-order chi connectivity index (χ1) is 15.3. The van der Waals surface area contributed by atoms with Gasteiger partial charge in [0.15, 0.2) is 0 Å². The number of unbranched alkanes of at least 4 members (excludes halogenated alkanes) is 20. The van der Waals surface area contributed by atoms with Gasteiger partial charge < -0.3 is 10.6 Å². The van der Waals surface area contributed by atoms with Crippen LogP contribution in [0.4, 0.5) is 0 Å². The Morgan fingerprint density at radius 2 is 0.613 bits per heavy atom. The van der Waals surface area contributed by atoms with Gasteiger partial charge in [0.1, 0.15) is 0 Å². The highest BCUT2D eigenvalue weighted by Gasteiger charge is 2.04. The van der Waals surface area contributed by atoms with E-state index in [4.69, 9.17) is 5.73 Å². The van der Waals surface area contributed by atoms with E-state index >= 15 is 0 Å². The number of nitrogens with zero attached hydrogens (tertiary/aromatic N) is 1. The number of nitrogens with two attached hydrogens (primary N) is 1. The zero-order valence-corrected chi connectivity index (χ0v) is 22.1. The first kappa shape index (κ1) is 30.9. The van der Waals surface area contributed by atoms with E-state index in [1.54, 1.807) is 0 Å². The smallest absolute Gasteiger partial charge is 0.000672 e. The zero-order valence-electron chi connectivity index (χ0n) is 22.1. The molecule has 0 rings (SSSR count). The maximum Gasteiger partial charge on any atom is -0.000672 e. The van der Waals surface area contributed by atoms with E-state index in [0.29, 0.717) is 0 Å². The highest BCUT2D eigenvalue weighted by molar-refractivity contribution is 4.60. The molecule has 0 aromatic rings. The molecule has 2 nitrogen and oxygen atoms in total. The predicted octanol–water partition coefficient (Wildman–Crippen LogP) is 9.26. The van der Waals surface area contributed by atoms with Crippen molar-refractivity contribution in [3.63, 3.8) is 0 Å². The highest BCUT2D eigenvalue weighted by Crippen LogP contribution is 2.13. The van der Waals surface area contributed by atoms with Crippen molar-refractivity contribution in [2.75, 3.05) is 26.2 Å². The van der Waals surface area contributed by atoms with Gasteiger partial charge in [-0.25, -0.2) is 0 Å². The predicted molar refractivity (Wildman–Crippen MR) is 143 cm³/mol. The Bertz CT molecular complexity index is 305. The number of rotatable bonds is 27. The van der Waals surface area contributed by atoms with Crippen LogP contribution in [0, 0.1) is 0 Å². The Balaban J connectivity index is 3.50. The lowest BCUT2D eigenvalue weighted by molar-refractivity contribution is 0.258. The Morgan fingerprint density at radius 1 is 0.355 bits per heavy atom. The average molecular weight is 439 g/mol. The van der Waals surface area contributed by atoms with Gasteiger partial charge in [0, 0.05) is 0 Å². The van der Waals surface area contributed by atoms with Gasteiger partial charge in [-0.2, -0.15) is 0 Å². The van der Waals surface area contributed by atoms with Crippen molar-refractivity contribution in [2.45, 2.75) is 162 Å². The van der Waals surface area contributed by atoms with Crippen LogP contribution in [-0.4, -0.2) is 31.1 Å². The third kappa shape index (κ3) is 26.1.